The number of para-hydroxylation sites is 2. The number of nitrogens with zero attached hydrogens (tertiary/aromatic N) is 3. The van der Waals surface area contributed by atoms with Gasteiger partial charge < -0.3 is 14.2 Å². The Bertz CT molecular complexity index is 577. The summed E-state index contributed by atoms with van der Waals surface area (Å²) in [6.45, 7) is 3.07. The number of fused-ring (bicyclic) bond motifs is 1. The Morgan fingerprint density at radius 3 is 2.79 bits per heavy atom. The first-order valence-electron chi connectivity index (χ1n) is 6.40. The number of benzene rings is 1. The number of carbonyl (C=O) groups excluding carboxylic acids is 1. The number of aryl methyl sites for hydroxylation is 1. The summed E-state index contributed by atoms with van der Waals surface area (Å²) in [6, 6.07) is 7.94. The molecule has 0 aliphatic carbocycles. The van der Waals surface area contributed by atoms with Crippen LogP contribution in [0.25, 0.3) is 11.0 Å². The monoisotopic (exact) mass is 261 g/mol. The van der Waals surface area contributed by atoms with Gasteiger partial charge >= 0.3 is 5.97 Å². The van der Waals surface area contributed by atoms with Crippen molar-refractivity contribution in [3.63, 3.8) is 0 Å². The Hall–Kier alpha value is -2.04. The lowest BCUT2D eigenvalue weighted by Gasteiger charge is -2.21. The molecule has 0 radical (unpaired) electrons. The maximum Gasteiger partial charge on any atom is 0.325 e. The zero-order valence-electron chi connectivity index (χ0n) is 11.6. The van der Waals surface area contributed by atoms with E-state index in [1.807, 2.05) is 40.8 Å². The van der Waals surface area contributed by atoms with Crippen molar-refractivity contribution in [3.05, 3.63) is 24.3 Å². The number of ether oxygens (including phenoxy) is 1. The summed E-state index contributed by atoms with van der Waals surface area (Å²) >= 11 is 0. The molecule has 102 valence electrons. The largest absolute Gasteiger partial charge is 0.468 e. The molecule has 0 fully saturated rings. The van der Waals surface area contributed by atoms with Crippen molar-refractivity contribution in [1.29, 1.82) is 0 Å². The summed E-state index contributed by atoms with van der Waals surface area (Å²) in [5.74, 6) is 0.550. The Kier molecular flexibility index (Phi) is 4.04. The average Bonchev–Trinajstić information content (AvgIpc) is 2.76. The highest BCUT2D eigenvalue weighted by molar-refractivity contribution is 5.80. The Labute approximate surface area is 112 Å². The topological polar surface area (TPSA) is 47.4 Å². The molecule has 0 bridgehead atoms. The molecule has 2 aromatic rings. The number of hydrogen-bond donors (Lipinski definition) is 0. The van der Waals surface area contributed by atoms with Crippen molar-refractivity contribution < 1.29 is 9.53 Å². The summed E-state index contributed by atoms with van der Waals surface area (Å²) in [7, 11) is 3.37. The SMILES string of the molecule is CCCN(CC(=O)OC)c1nc2ccccc2n1C. The molecule has 0 unspecified atom stereocenters. The van der Waals surface area contributed by atoms with Crippen LogP contribution in [-0.4, -0.2) is 35.7 Å². The van der Waals surface area contributed by atoms with Gasteiger partial charge in [0.2, 0.25) is 5.95 Å². The van der Waals surface area contributed by atoms with Crippen LogP contribution < -0.4 is 4.90 Å². The first kappa shape index (κ1) is 13.4. The van der Waals surface area contributed by atoms with Crippen LogP contribution in [0.1, 0.15) is 13.3 Å². The minimum atomic E-state index is -0.250. The maximum absolute atomic E-state index is 11.5. The third-order valence-corrected chi connectivity index (χ3v) is 3.09. The number of aromatic nitrogens is 2. The van der Waals surface area contributed by atoms with Crippen molar-refractivity contribution in [2.45, 2.75) is 13.3 Å². The molecule has 0 N–H and O–H groups in total. The second kappa shape index (κ2) is 5.73. The minimum Gasteiger partial charge on any atom is -0.468 e. The molecular formula is C14H19N3O2. The van der Waals surface area contributed by atoms with Crippen LogP contribution in [-0.2, 0) is 16.6 Å². The predicted molar refractivity (Wildman–Crippen MR) is 75.2 cm³/mol. The normalized spacial score (nSPS) is 10.7. The number of anilines is 1. The van der Waals surface area contributed by atoms with E-state index in [9.17, 15) is 4.79 Å². The van der Waals surface area contributed by atoms with Crippen molar-refractivity contribution in [3.8, 4) is 0 Å². The van der Waals surface area contributed by atoms with Crippen LogP contribution in [0, 0.1) is 0 Å². The summed E-state index contributed by atoms with van der Waals surface area (Å²) in [5.41, 5.74) is 1.99. The number of esters is 1. The van der Waals surface area contributed by atoms with Gasteiger partial charge in [-0.25, -0.2) is 4.98 Å². The van der Waals surface area contributed by atoms with E-state index in [2.05, 4.69) is 11.9 Å². The molecule has 5 nitrogen and oxygen atoms in total. The summed E-state index contributed by atoms with van der Waals surface area (Å²) in [6.07, 6.45) is 0.945. The van der Waals surface area contributed by atoms with E-state index in [1.165, 1.54) is 7.11 Å². The predicted octanol–water partition coefficient (Wildman–Crippen LogP) is 1.96. The van der Waals surface area contributed by atoms with Crippen molar-refractivity contribution in [2.75, 3.05) is 25.1 Å². The molecule has 0 atom stereocenters. The summed E-state index contributed by atoms with van der Waals surface area (Å²) < 4.78 is 6.75. The van der Waals surface area contributed by atoms with E-state index in [0.29, 0.717) is 0 Å². The quantitative estimate of drug-likeness (QED) is 0.772. The van der Waals surface area contributed by atoms with Gasteiger partial charge in [0, 0.05) is 13.6 Å². The first-order valence-corrected chi connectivity index (χ1v) is 6.40. The number of methoxy groups -OCH3 is 1. The third-order valence-electron chi connectivity index (χ3n) is 3.09. The highest BCUT2D eigenvalue weighted by Crippen LogP contribution is 2.21. The lowest BCUT2D eigenvalue weighted by atomic mass is 10.3. The van der Waals surface area contributed by atoms with Gasteiger partial charge in [-0.3, -0.25) is 4.79 Å². The molecule has 1 heterocycles. The Morgan fingerprint density at radius 2 is 2.16 bits per heavy atom. The Balaban J connectivity index is 2.38. The molecule has 5 heteroatoms. The van der Waals surface area contributed by atoms with E-state index in [0.717, 1.165) is 29.9 Å². The van der Waals surface area contributed by atoms with Crippen LogP contribution >= 0.6 is 0 Å². The van der Waals surface area contributed by atoms with Gasteiger partial charge in [0.1, 0.15) is 6.54 Å². The fourth-order valence-corrected chi connectivity index (χ4v) is 2.16. The number of hydrogen-bond acceptors (Lipinski definition) is 4. The van der Waals surface area contributed by atoms with Gasteiger partial charge in [-0.2, -0.15) is 0 Å². The molecule has 0 amide bonds. The Morgan fingerprint density at radius 1 is 1.42 bits per heavy atom. The lowest BCUT2D eigenvalue weighted by molar-refractivity contribution is -0.138. The van der Waals surface area contributed by atoms with E-state index < -0.39 is 0 Å². The molecule has 1 aromatic heterocycles. The maximum atomic E-state index is 11.5. The average molecular weight is 261 g/mol. The highest BCUT2D eigenvalue weighted by Gasteiger charge is 2.17. The summed E-state index contributed by atoms with van der Waals surface area (Å²) in [5, 5.41) is 0. The molecule has 19 heavy (non-hydrogen) atoms. The van der Waals surface area contributed by atoms with Gasteiger partial charge in [0.05, 0.1) is 18.1 Å². The van der Waals surface area contributed by atoms with Gasteiger partial charge in [-0.15, -0.1) is 0 Å². The fraction of sp³-hybridized carbons (Fsp3) is 0.429. The zero-order valence-corrected chi connectivity index (χ0v) is 11.6. The van der Waals surface area contributed by atoms with Gasteiger partial charge in [-0.1, -0.05) is 19.1 Å². The van der Waals surface area contributed by atoms with Gasteiger partial charge in [0.25, 0.3) is 0 Å². The molecule has 0 aliphatic heterocycles. The number of carbonyl (C=O) groups is 1. The molecular weight excluding hydrogens is 242 g/mol. The first-order chi connectivity index (χ1) is 9.17. The summed E-state index contributed by atoms with van der Waals surface area (Å²) in [4.78, 5) is 18.0. The lowest BCUT2D eigenvalue weighted by Crippen LogP contribution is -2.33. The van der Waals surface area contributed by atoms with Gasteiger partial charge in [0.15, 0.2) is 0 Å². The second-order valence-corrected chi connectivity index (χ2v) is 4.46. The minimum absolute atomic E-state index is 0.224. The van der Waals surface area contributed by atoms with Crippen molar-refractivity contribution in [2.24, 2.45) is 7.05 Å². The van der Waals surface area contributed by atoms with Gasteiger partial charge in [-0.05, 0) is 18.6 Å². The van der Waals surface area contributed by atoms with E-state index in [-0.39, 0.29) is 12.5 Å². The van der Waals surface area contributed by atoms with Crippen LogP contribution in [0.15, 0.2) is 24.3 Å². The fourth-order valence-electron chi connectivity index (χ4n) is 2.16. The van der Waals surface area contributed by atoms with E-state index in [1.54, 1.807) is 0 Å². The second-order valence-electron chi connectivity index (χ2n) is 4.46. The van der Waals surface area contributed by atoms with Crippen molar-refractivity contribution >= 4 is 23.0 Å². The molecule has 0 aliphatic rings. The van der Waals surface area contributed by atoms with Crippen LogP contribution in [0.2, 0.25) is 0 Å². The third kappa shape index (κ3) is 2.70. The zero-order chi connectivity index (χ0) is 13.8. The standard InChI is InChI=1S/C14H19N3O2/c1-4-9-17(10-13(18)19-3)14-15-11-7-5-6-8-12(11)16(14)2/h5-8H,4,9-10H2,1-3H3. The molecule has 0 spiro atoms. The smallest absolute Gasteiger partial charge is 0.325 e. The highest BCUT2D eigenvalue weighted by atomic mass is 16.5. The number of imidazole rings is 1. The molecule has 2 rings (SSSR count). The van der Waals surface area contributed by atoms with Crippen LogP contribution in [0.5, 0.6) is 0 Å². The van der Waals surface area contributed by atoms with E-state index in [4.69, 9.17) is 4.74 Å². The molecule has 1 aromatic carbocycles. The van der Waals surface area contributed by atoms with E-state index >= 15 is 0 Å². The van der Waals surface area contributed by atoms with Crippen LogP contribution in [0.3, 0.4) is 0 Å². The molecule has 0 saturated carbocycles. The van der Waals surface area contributed by atoms with Crippen molar-refractivity contribution in [1.82, 2.24) is 9.55 Å². The molecule has 0 saturated heterocycles. The number of rotatable bonds is 5. The van der Waals surface area contributed by atoms with Crippen LogP contribution in [0.4, 0.5) is 5.95 Å².